The average molecular weight is 993 g/mol. The number of thioether (sulfide) groups is 1. The van der Waals surface area contributed by atoms with E-state index in [2.05, 4.69) is 80.6 Å². The van der Waals surface area contributed by atoms with Gasteiger partial charge in [-0.1, -0.05) is 209 Å². The lowest BCUT2D eigenvalue weighted by atomic mass is 9.81. The standard InChI is InChI=1S/C61H84O7S2/c1-3-4-5-6-7-8-11-16-23-30-43-68-53-44-47-33-26-27-34-48(47)58-56(46(2)45-69-61(53)58)57-49-35-31-37-51(66-41-28-21-17-12-9-14-19-24-39-54(62)63)59(49)70-60-50(57)36-32-38-52(60)67-42-29-22-18-13-10-15-20-25-40-55(64)65/h26-27,31-38,44,46H,3-25,28-30,39-43,45H2,1-2H3,(H,62,63)(H,64,65). The second-order valence-corrected chi connectivity index (χ2v) is 21.9. The smallest absolute Gasteiger partial charge is 0.303 e. The third kappa shape index (κ3) is 17.3. The van der Waals surface area contributed by atoms with Crippen molar-refractivity contribution in [3.8, 4) is 17.2 Å². The quantitative estimate of drug-likeness (QED) is 0.0380. The minimum atomic E-state index is -0.697. The van der Waals surface area contributed by atoms with Crippen LogP contribution in [-0.2, 0) is 9.59 Å². The number of carboxylic acids is 2. The van der Waals surface area contributed by atoms with Crippen molar-refractivity contribution in [1.29, 1.82) is 0 Å². The van der Waals surface area contributed by atoms with Crippen LogP contribution in [0.25, 0.3) is 21.9 Å². The van der Waals surface area contributed by atoms with Crippen LogP contribution in [0.2, 0.25) is 0 Å². The summed E-state index contributed by atoms with van der Waals surface area (Å²) >= 11 is 3.75. The van der Waals surface area contributed by atoms with Gasteiger partial charge in [0.05, 0.1) is 34.5 Å². The van der Waals surface area contributed by atoms with Crippen LogP contribution >= 0.6 is 23.5 Å². The van der Waals surface area contributed by atoms with Gasteiger partial charge in [0.15, 0.2) is 0 Å². The fourth-order valence-electron chi connectivity index (χ4n) is 10.1. The Morgan fingerprint density at radius 3 is 1.41 bits per heavy atom. The Balaban J connectivity index is 1.22. The SMILES string of the molecule is CCCCCCCCCCCCOc1cc2ccccc2c2c1SCC(C)C2=C1c2cccc(OCCCCCCCCCCC(=O)O)c2Sc2c(OCCCCCCCCCCC(=O)O)cccc21. The first-order valence-corrected chi connectivity index (χ1v) is 29.4. The average Bonchev–Trinajstić information content (AvgIpc) is 3.35. The molecule has 0 aromatic heterocycles. The zero-order valence-electron chi connectivity index (χ0n) is 42.8. The lowest BCUT2D eigenvalue weighted by Gasteiger charge is -2.34. The van der Waals surface area contributed by atoms with E-state index >= 15 is 0 Å². The first-order valence-electron chi connectivity index (χ1n) is 27.6. The number of aliphatic carboxylic acids is 2. The first-order chi connectivity index (χ1) is 34.4. The van der Waals surface area contributed by atoms with E-state index in [4.69, 9.17) is 24.4 Å². The molecule has 382 valence electrons. The summed E-state index contributed by atoms with van der Waals surface area (Å²) in [7, 11) is 0. The lowest BCUT2D eigenvalue weighted by Crippen LogP contribution is -2.15. The summed E-state index contributed by atoms with van der Waals surface area (Å²) in [4.78, 5) is 25.3. The van der Waals surface area contributed by atoms with E-state index in [1.807, 2.05) is 11.8 Å². The van der Waals surface area contributed by atoms with Crippen molar-refractivity contribution in [3.63, 3.8) is 0 Å². The zero-order chi connectivity index (χ0) is 49.2. The summed E-state index contributed by atoms with van der Waals surface area (Å²) in [5.41, 5.74) is 6.40. The molecular weight excluding hydrogens is 909 g/mol. The number of allylic oxidation sites excluding steroid dienone is 1. The second kappa shape index (κ2) is 31.4. The van der Waals surface area contributed by atoms with Gasteiger partial charge in [-0.15, -0.1) is 11.8 Å². The second-order valence-electron chi connectivity index (χ2n) is 19.8. The predicted molar refractivity (Wildman–Crippen MR) is 293 cm³/mol. The van der Waals surface area contributed by atoms with Crippen LogP contribution in [0.5, 0.6) is 17.2 Å². The molecule has 2 heterocycles. The van der Waals surface area contributed by atoms with Crippen molar-refractivity contribution in [1.82, 2.24) is 0 Å². The van der Waals surface area contributed by atoms with Gasteiger partial charge in [-0.2, -0.15) is 0 Å². The van der Waals surface area contributed by atoms with Crippen LogP contribution in [0, 0.1) is 5.92 Å². The maximum Gasteiger partial charge on any atom is 0.303 e. The molecule has 0 saturated heterocycles. The molecule has 0 fully saturated rings. The molecule has 0 amide bonds. The highest BCUT2D eigenvalue weighted by molar-refractivity contribution is 8.00. The van der Waals surface area contributed by atoms with Crippen molar-refractivity contribution in [3.05, 3.63) is 83.4 Å². The van der Waals surface area contributed by atoms with Gasteiger partial charge in [0.2, 0.25) is 0 Å². The maximum atomic E-state index is 10.9. The third-order valence-corrected chi connectivity index (χ3v) is 16.6. The number of hydrogen-bond donors (Lipinski definition) is 2. The predicted octanol–water partition coefficient (Wildman–Crippen LogP) is 18.3. The van der Waals surface area contributed by atoms with Gasteiger partial charge in [-0.25, -0.2) is 0 Å². The highest BCUT2D eigenvalue weighted by atomic mass is 32.2. The normalized spacial score (nSPS) is 14.1. The summed E-state index contributed by atoms with van der Waals surface area (Å²) in [5, 5.41) is 20.3. The van der Waals surface area contributed by atoms with Crippen molar-refractivity contribution < 1.29 is 34.0 Å². The van der Waals surface area contributed by atoms with Crippen LogP contribution in [0.3, 0.4) is 0 Å². The summed E-state index contributed by atoms with van der Waals surface area (Å²) in [5.74, 6) is 2.72. The Morgan fingerprint density at radius 2 is 0.943 bits per heavy atom. The monoisotopic (exact) mass is 993 g/mol. The minimum Gasteiger partial charge on any atom is -0.492 e. The molecule has 9 heteroatoms. The molecule has 4 aromatic rings. The van der Waals surface area contributed by atoms with Gasteiger partial charge in [-0.05, 0) is 78.1 Å². The topological polar surface area (TPSA) is 102 Å². The Bertz CT molecular complexity index is 2160. The number of hydrogen-bond acceptors (Lipinski definition) is 7. The first kappa shape index (κ1) is 55.2. The van der Waals surface area contributed by atoms with Crippen LogP contribution in [-0.4, -0.2) is 47.7 Å². The lowest BCUT2D eigenvalue weighted by molar-refractivity contribution is -0.138. The van der Waals surface area contributed by atoms with Gasteiger partial charge in [0.25, 0.3) is 0 Å². The van der Waals surface area contributed by atoms with Crippen LogP contribution in [0.1, 0.15) is 210 Å². The van der Waals surface area contributed by atoms with Gasteiger partial charge in [0.1, 0.15) is 17.2 Å². The van der Waals surface area contributed by atoms with Gasteiger partial charge >= 0.3 is 11.9 Å². The Hall–Kier alpha value is -4.08. The van der Waals surface area contributed by atoms with Gasteiger partial charge < -0.3 is 24.4 Å². The molecule has 0 bridgehead atoms. The van der Waals surface area contributed by atoms with Crippen molar-refractivity contribution >= 4 is 57.4 Å². The van der Waals surface area contributed by atoms with E-state index in [-0.39, 0.29) is 18.8 Å². The minimum absolute atomic E-state index is 0.275. The number of carbonyl (C=O) groups is 2. The molecule has 70 heavy (non-hydrogen) atoms. The molecular formula is C61H84O7S2. The zero-order valence-corrected chi connectivity index (χ0v) is 44.4. The molecule has 2 N–H and O–H groups in total. The molecule has 1 unspecified atom stereocenters. The molecule has 1 atom stereocenters. The van der Waals surface area contributed by atoms with Crippen molar-refractivity contribution in [2.24, 2.45) is 5.92 Å². The van der Waals surface area contributed by atoms with Gasteiger partial charge in [-0.3, -0.25) is 9.59 Å². The van der Waals surface area contributed by atoms with E-state index in [1.54, 1.807) is 11.8 Å². The number of benzene rings is 4. The van der Waals surface area contributed by atoms with E-state index < -0.39 is 11.9 Å². The summed E-state index contributed by atoms with van der Waals surface area (Å²) in [6.45, 7) is 6.74. The van der Waals surface area contributed by atoms with Gasteiger partial charge in [0, 0.05) is 35.3 Å². The number of rotatable bonds is 36. The number of fused-ring (bicyclic) bond motifs is 5. The Morgan fingerprint density at radius 1 is 0.514 bits per heavy atom. The molecule has 2 aliphatic rings. The van der Waals surface area contributed by atoms with Crippen LogP contribution in [0.4, 0.5) is 0 Å². The molecule has 7 nitrogen and oxygen atoms in total. The Kier molecular flexibility index (Phi) is 24.8. The molecule has 0 spiro atoms. The van der Waals surface area contributed by atoms with E-state index in [0.29, 0.717) is 13.2 Å². The van der Waals surface area contributed by atoms with E-state index in [9.17, 15) is 9.59 Å². The molecule has 6 rings (SSSR count). The summed E-state index contributed by atoms with van der Waals surface area (Å²) in [6, 6.07) is 24.4. The molecule has 0 aliphatic carbocycles. The molecule has 0 radical (unpaired) electrons. The summed E-state index contributed by atoms with van der Waals surface area (Å²) < 4.78 is 20.3. The van der Waals surface area contributed by atoms with E-state index in [1.165, 1.54) is 114 Å². The van der Waals surface area contributed by atoms with Crippen molar-refractivity contribution in [2.75, 3.05) is 25.6 Å². The van der Waals surface area contributed by atoms with Crippen LogP contribution in [0.15, 0.2) is 81.4 Å². The third-order valence-electron chi connectivity index (χ3n) is 14.0. The van der Waals surface area contributed by atoms with Crippen molar-refractivity contribution in [2.45, 2.75) is 208 Å². The fraction of sp³-hybridized carbons (Fsp3) is 0.574. The largest absolute Gasteiger partial charge is 0.492 e. The number of carboxylic acid groups (broad SMARTS) is 2. The van der Waals surface area contributed by atoms with E-state index in [0.717, 1.165) is 136 Å². The molecule has 0 saturated carbocycles. The Labute approximate surface area is 429 Å². The highest BCUT2D eigenvalue weighted by Crippen LogP contribution is 2.58. The maximum absolute atomic E-state index is 10.9. The molecule has 2 aliphatic heterocycles. The molecule has 4 aromatic carbocycles. The number of unbranched alkanes of at least 4 members (excludes halogenated alkanes) is 23. The summed E-state index contributed by atoms with van der Waals surface area (Å²) in [6.07, 6.45) is 30.5. The van der Waals surface area contributed by atoms with Crippen LogP contribution < -0.4 is 14.2 Å². The fourth-order valence-corrected chi connectivity index (χ4v) is 12.6. The highest BCUT2D eigenvalue weighted by Gasteiger charge is 2.35. The number of ether oxygens (including phenoxy) is 3.